The summed E-state index contributed by atoms with van der Waals surface area (Å²) in [7, 11) is 0. The van der Waals surface area contributed by atoms with E-state index in [-0.39, 0.29) is 25.4 Å². The number of rotatable bonds is 3. The molecule has 1 saturated heterocycles. The van der Waals surface area contributed by atoms with E-state index < -0.39 is 30.0 Å². The molecule has 0 bridgehead atoms. The van der Waals surface area contributed by atoms with Crippen molar-refractivity contribution in [2.75, 3.05) is 18.0 Å². The molecule has 2 aromatic heterocycles. The molecule has 150 valence electrons. The first-order valence-corrected chi connectivity index (χ1v) is 8.42. The molecule has 0 aliphatic carbocycles. The fourth-order valence-corrected chi connectivity index (χ4v) is 3.19. The number of hydrogen-bond acceptors (Lipinski definition) is 6. The average molecular weight is 402 g/mol. The Bertz CT molecular complexity index is 999. The Hall–Kier alpha value is -2.76. The molecule has 1 aromatic carbocycles. The highest BCUT2D eigenvalue weighted by atomic mass is 19.4. The van der Waals surface area contributed by atoms with Gasteiger partial charge < -0.3 is 19.7 Å². The van der Waals surface area contributed by atoms with Crippen molar-refractivity contribution in [1.82, 2.24) is 19.7 Å². The Labute approximate surface area is 154 Å². The number of imidazole rings is 1. The van der Waals surface area contributed by atoms with Gasteiger partial charge in [0.15, 0.2) is 0 Å². The molecule has 12 heteroatoms. The minimum absolute atomic E-state index is 0.157. The lowest BCUT2D eigenvalue weighted by atomic mass is 10.1. The van der Waals surface area contributed by atoms with Crippen LogP contribution in [0.4, 0.5) is 27.9 Å². The van der Waals surface area contributed by atoms with Gasteiger partial charge in [-0.1, -0.05) is 5.16 Å². The second-order valence-corrected chi connectivity index (χ2v) is 6.56. The highest BCUT2D eigenvalue weighted by Crippen LogP contribution is 2.29. The van der Waals surface area contributed by atoms with Crippen LogP contribution in [-0.4, -0.2) is 45.0 Å². The number of fused-ring (bicyclic) bond motifs is 1. The number of hydrogen-bond donors (Lipinski definition) is 1. The van der Waals surface area contributed by atoms with Crippen molar-refractivity contribution in [3.8, 4) is 0 Å². The van der Waals surface area contributed by atoms with E-state index in [0.717, 1.165) is 0 Å². The highest BCUT2D eigenvalue weighted by molar-refractivity contribution is 5.79. The lowest BCUT2D eigenvalue weighted by Crippen LogP contribution is -2.50. The van der Waals surface area contributed by atoms with Crippen LogP contribution in [-0.2, 0) is 12.7 Å². The van der Waals surface area contributed by atoms with Gasteiger partial charge in [-0.15, -0.1) is 0 Å². The third kappa shape index (κ3) is 3.39. The molecular formula is C16H15F5N6O. The van der Waals surface area contributed by atoms with E-state index in [1.165, 1.54) is 22.8 Å². The van der Waals surface area contributed by atoms with E-state index >= 15 is 0 Å². The van der Waals surface area contributed by atoms with Crippen molar-refractivity contribution in [3.63, 3.8) is 0 Å². The van der Waals surface area contributed by atoms with Crippen molar-refractivity contribution in [1.29, 1.82) is 0 Å². The Morgan fingerprint density at radius 2 is 2.04 bits per heavy atom. The molecule has 1 aliphatic rings. The van der Waals surface area contributed by atoms with Gasteiger partial charge in [-0.3, -0.25) is 0 Å². The third-order valence-corrected chi connectivity index (χ3v) is 4.56. The number of alkyl halides is 4. The molecule has 1 fully saturated rings. The van der Waals surface area contributed by atoms with Gasteiger partial charge in [-0.2, -0.15) is 18.2 Å². The zero-order valence-electron chi connectivity index (χ0n) is 14.3. The normalized spacial score (nSPS) is 20.9. The second kappa shape index (κ2) is 6.69. The monoisotopic (exact) mass is 402 g/mol. The number of anilines is 1. The molecule has 0 saturated carbocycles. The second-order valence-electron chi connectivity index (χ2n) is 6.56. The zero-order valence-corrected chi connectivity index (χ0v) is 14.3. The third-order valence-electron chi connectivity index (χ3n) is 4.56. The van der Waals surface area contributed by atoms with Gasteiger partial charge in [0.25, 0.3) is 5.82 Å². The molecule has 28 heavy (non-hydrogen) atoms. The molecule has 1 aliphatic heterocycles. The number of piperidine rings is 1. The average Bonchev–Trinajstić information content (AvgIpc) is 3.22. The van der Waals surface area contributed by atoms with E-state index in [2.05, 4.69) is 15.1 Å². The van der Waals surface area contributed by atoms with Crippen LogP contribution in [0.2, 0.25) is 0 Å². The molecule has 0 spiro atoms. The predicted molar refractivity (Wildman–Crippen MR) is 87.8 cm³/mol. The predicted octanol–water partition coefficient (Wildman–Crippen LogP) is 2.50. The zero-order chi connectivity index (χ0) is 20.1. The molecule has 0 radical (unpaired) electrons. The first kappa shape index (κ1) is 18.6. The highest BCUT2D eigenvalue weighted by Gasteiger charge is 2.37. The summed E-state index contributed by atoms with van der Waals surface area (Å²) >= 11 is 0. The maximum absolute atomic E-state index is 13.7. The van der Waals surface area contributed by atoms with Crippen LogP contribution < -0.4 is 10.6 Å². The van der Waals surface area contributed by atoms with Gasteiger partial charge >= 0.3 is 6.18 Å². The standard InChI is InChI=1S/C16H15F5N6O/c17-8-1-2-12-11(5-8)23-15(26-4-3-9(18)10(22)6-26)27(12)7-13-24-14(25-28-13)16(19,20)21/h1-2,5,9-10H,3-4,6-7,22H2. The van der Waals surface area contributed by atoms with Gasteiger partial charge in [-0.25, -0.2) is 13.8 Å². The van der Waals surface area contributed by atoms with Crippen molar-refractivity contribution in [3.05, 3.63) is 35.7 Å². The maximum atomic E-state index is 13.7. The van der Waals surface area contributed by atoms with Gasteiger partial charge in [0, 0.05) is 19.2 Å². The summed E-state index contributed by atoms with van der Waals surface area (Å²) < 4.78 is 71.7. The van der Waals surface area contributed by atoms with Crippen LogP contribution in [0.15, 0.2) is 22.7 Å². The fourth-order valence-electron chi connectivity index (χ4n) is 3.19. The molecule has 7 nitrogen and oxygen atoms in total. The number of benzene rings is 1. The van der Waals surface area contributed by atoms with Gasteiger partial charge in [0.2, 0.25) is 11.8 Å². The Morgan fingerprint density at radius 1 is 1.25 bits per heavy atom. The minimum Gasteiger partial charge on any atom is -0.340 e. The van der Waals surface area contributed by atoms with Crippen LogP contribution in [0.25, 0.3) is 11.0 Å². The molecule has 4 rings (SSSR count). The van der Waals surface area contributed by atoms with Gasteiger partial charge in [0.05, 0.1) is 17.1 Å². The fraction of sp³-hybridized carbons (Fsp3) is 0.438. The SMILES string of the molecule is NC1CN(c2nc3cc(F)ccc3n2Cc2nc(C(F)(F)F)no2)CCC1F. The van der Waals surface area contributed by atoms with E-state index in [9.17, 15) is 22.0 Å². The molecule has 3 heterocycles. The minimum atomic E-state index is -4.74. The van der Waals surface area contributed by atoms with E-state index in [4.69, 9.17) is 10.3 Å². The summed E-state index contributed by atoms with van der Waals surface area (Å²) in [4.78, 5) is 9.44. The summed E-state index contributed by atoms with van der Waals surface area (Å²) in [6, 6.07) is 3.12. The molecule has 2 atom stereocenters. The number of halogens is 5. The molecule has 3 aromatic rings. The van der Waals surface area contributed by atoms with E-state index in [1.54, 1.807) is 4.90 Å². The van der Waals surface area contributed by atoms with Crippen LogP contribution in [0.3, 0.4) is 0 Å². The van der Waals surface area contributed by atoms with Gasteiger partial charge in [0.1, 0.15) is 18.5 Å². The van der Waals surface area contributed by atoms with Crippen molar-refractivity contribution in [2.45, 2.75) is 31.4 Å². The first-order valence-electron chi connectivity index (χ1n) is 8.42. The van der Waals surface area contributed by atoms with Crippen LogP contribution in [0.5, 0.6) is 0 Å². The summed E-state index contributed by atoms with van der Waals surface area (Å²) in [6.07, 6.45) is -5.71. The summed E-state index contributed by atoms with van der Waals surface area (Å²) in [6.45, 7) is 0.244. The number of aromatic nitrogens is 4. The van der Waals surface area contributed by atoms with Crippen molar-refractivity contribution >= 4 is 17.0 Å². The Kier molecular flexibility index (Phi) is 4.44. The lowest BCUT2D eigenvalue weighted by molar-refractivity contribution is -0.146. The molecular weight excluding hydrogens is 387 g/mol. The van der Waals surface area contributed by atoms with E-state index in [0.29, 0.717) is 23.5 Å². The van der Waals surface area contributed by atoms with Gasteiger partial charge in [-0.05, 0) is 18.6 Å². The Morgan fingerprint density at radius 3 is 2.71 bits per heavy atom. The van der Waals surface area contributed by atoms with E-state index in [1.807, 2.05) is 0 Å². The van der Waals surface area contributed by atoms with Crippen LogP contribution in [0.1, 0.15) is 18.1 Å². The lowest BCUT2D eigenvalue weighted by Gasteiger charge is -2.33. The van der Waals surface area contributed by atoms with Crippen molar-refractivity contribution < 1.29 is 26.5 Å². The summed E-state index contributed by atoms with van der Waals surface area (Å²) in [5, 5.41) is 2.94. The number of nitrogens with two attached hydrogens (primary N) is 1. The summed E-state index contributed by atoms with van der Waals surface area (Å²) in [5.41, 5.74) is 6.55. The van der Waals surface area contributed by atoms with Crippen LogP contribution in [0, 0.1) is 5.82 Å². The van der Waals surface area contributed by atoms with Crippen LogP contribution >= 0.6 is 0 Å². The topological polar surface area (TPSA) is 86.0 Å². The quantitative estimate of drug-likeness (QED) is 0.678. The smallest absolute Gasteiger partial charge is 0.340 e. The maximum Gasteiger partial charge on any atom is 0.455 e. The largest absolute Gasteiger partial charge is 0.455 e. The summed E-state index contributed by atoms with van der Waals surface area (Å²) in [5.74, 6) is -1.88. The van der Waals surface area contributed by atoms with Crippen molar-refractivity contribution in [2.24, 2.45) is 5.73 Å². The number of nitrogens with zero attached hydrogens (tertiary/aromatic N) is 5. The Balaban J connectivity index is 1.74. The first-order chi connectivity index (χ1) is 13.2. The molecule has 2 N–H and O–H groups in total. The molecule has 2 unspecified atom stereocenters. The molecule has 0 amide bonds.